The maximum Gasteiger partial charge on any atom is 0.416 e. The van der Waals surface area contributed by atoms with Crippen LogP contribution in [0.2, 0.25) is 0 Å². The van der Waals surface area contributed by atoms with Crippen molar-refractivity contribution in [3.05, 3.63) is 65.2 Å². The van der Waals surface area contributed by atoms with Crippen LogP contribution in [-0.2, 0) is 18.3 Å². The van der Waals surface area contributed by atoms with Crippen LogP contribution in [0.5, 0.6) is 0 Å². The first-order valence-corrected chi connectivity index (χ1v) is 10.3. The van der Waals surface area contributed by atoms with Crippen molar-refractivity contribution in [1.82, 2.24) is 10.2 Å². The van der Waals surface area contributed by atoms with E-state index in [1.54, 1.807) is 6.07 Å². The molecule has 146 valence electrons. The second-order valence-corrected chi connectivity index (χ2v) is 8.02. The zero-order chi connectivity index (χ0) is 19.5. The Morgan fingerprint density at radius 3 is 2.52 bits per heavy atom. The molecule has 0 spiro atoms. The van der Waals surface area contributed by atoms with Gasteiger partial charge in [0.05, 0.1) is 11.1 Å². The largest absolute Gasteiger partial charge is 0.416 e. The maximum absolute atomic E-state index is 13.0. The van der Waals surface area contributed by atoms with Gasteiger partial charge in [0, 0.05) is 18.0 Å². The average molecular weight is 395 g/mol. The molecular formula is C21H25F3N2S. The fourth-order valence-corrected chi connectivity index (χ4v) is 4.49. The van der Waals surface area contributed by atoms with E-state index in [0.29, 0.717) is 11.4 Å². The van der Waals surface area contributed by atoms with Gasteiger partial charge in [0.15, 0.2) is 0 Å². The number of benzene rings is 2. The molecule has 1 fully saturated rings. The molecule has 0 bridgehead atoms. The highest BCUT2D eigenvalue weighted by atomic mass is 32.2. The van der Waals surface area contributed by atoms with E-state index < -0.39 is 11.7 Å². The summed E-state index contributed by atoms with van der Waals surface area (Å²) in [6.45, 7) is 2.48. The number of nitrogens with one attached hydrogen (secondary N) is 1. The summed E-state index contributed by atoms with van der Waals surface area (Å²) < 4.78 is 39.0. The molecule has 1 saturated heterocycles. The van der Waals surface area contributed by atoms with Crippen molar-refractivity contribution in [2.24, 2.45) is 0 Å². The molecule has 1 atom stereocenters. The Labute approximate surface area is 163 Å². The third-order valence-corrected chi connectivity index (χ3v) is 6.06. The maximum atomic E-state index is 13.0. The molecule has 1 aliphatic rings. The van der Waals surface area contributed by atoms with E-state index in [-0.39, 0.29) is 5.54 Å². The Kier molecular flexibility index (Phi) is 6.18. The fraction of sp³-hybridized carbons (Fsp3) is 0.429. The minimum absolute atomic E-state index is 0.188. The molecule has 1 N–H and O–H groups in total. The van der Waals surface area contributed by atoms with Gasteiger partial charge in [0.25, 0.3) is 0 Å². The standard InChI is InChI=1S/C21H25F3N2S/c1-26-12-6-11-20(15-26,17-7-4-3-5-8-17)25-14-16-9-10-18(21(22,23)24)13-19(16)27-2/h3-5,7-10,13,25H,6,11-12,14-15H2,1-2H3. The lowest BCUT2D eigenvalue weighted by Crippen LogP contribution is -2.53. The summed E-state index contributed by atoms with van der Waals surface area (Å²) in [6.07, 6.45) is -0.397. The molecule has 0 radical (unpaired) electrons. The molecule has 2 aromatic rings. The lowest BCUT2D eigenvalue weighted by Gasteiger charge is -2.43. The highest BCUT2D eigenvalue weighted by Gasteiger charge is 2.36. The topological polar surface area (TPSA) is 15.3 Å². The molecule has 1 aliphatic heterocycles. The number of nitrogens with zero attached hydrogens (tertiary/aromatic N) is 1. The van der Waals surface area contributed by atoms with Crippen LogP contribution in [0.15, 0.2) is 53.4 Å². The van der Waals surface area contributed by atoms with Gasteiger partial charge in [-0.1, -0.05) is 36.4 Å². The van der Waals surface area contributed by atoms with Crippen LogP contribution in [-0.4, -0.2) is 31.3 Å². The molecule has 2 aromatic carbocycles. The first kappa shape index (κ1) is 20.2. The molecular weight excluding hydrogens is 369 g/mol. The Bertz CT molecular complexity index is 764. The molecule has 1 unspecified atom stereocenters. The fourth-order valence-electron chi connectivity index (χ4n) is 3.84. The number of halogens is 3. The molecule has 27 heavy (non-hydrogen) atoms. The van der Waals surface area contributed by atoms with Crippen molar-refractivity contribution in [1.29, 1.82) is 0 Å². The van der Waals surface area contributed by atoms with Crippen molar-refractivity contribution in [3.63, 3.8) is 0 Å². The van der Waals surface area contributed by atoms with Gasteiger partial charge in [-0.25, -0.2) is 0 Å². The predicted molar refractivity (Wildman–Crippen MR) is 105 cm³/mol. The van der Waals surface area contributed by atoms with Gasteiger partial charge in [-0.3, -0.25) is 0 Å². The Hall–Kier alpha value is -1.50. The van der Waals surface area contributed by atoms with E-state index in [1.807, 2.05) is 24.5 Å². The van der Waals surface area contributed by atoms with Crippen LogP contribution >= 0.6 is 11.8 Å². The number of rotatable bonds is 5. The summed E-state index contributed by atoms with van der Waals surface area (Å²) in [5, 5.41) is 3.69. The van der Waals surface area contributed by atoms with Gasteiger partial charge in [-0.05, 0) is 55.9 Å². The van der Waals surface area contributed by atoms with Crippen LogP contribution in [0.1, 0.15) is 29.5 Å². The summed E-state index contributed by atoms with van der Waals surface area (Å²) >= 11 is 1.36. The van der Waals surface area contributed by atoms with Gasteiger partial charge in [0.2, 0.25) is 0 Å². The predicted octanol–water partition coefficient (Wildman–Crippen LogP) is 5.14. The second kappa shape index (κ2) is 8.25. The summed E-state index contributed by atoms with van der Waals surface area (Å²) in [6, 6.07) is 14.4. The van der Waals surface area contributed by atoms with E-state index in [9.17, 15) is 13.2 Å². The molecule has 3 rings (SSSR count). The first-order chi connectivity index (χ1) is 12.8. The van der Waals surface area contributed by atoms with Crippen molar-refractivity contribution in [2.75, 3.05) is 26.4 Å². The van der Waals surface area contributed by atoms with E-state index in [2.05, 4.69) is 29.4 Å². The van der Waals surface area contributed by atoms with Crippen molar-refractivity contribution < 1.29 is 13.2 Å². The van der Waals surface area contributed by atoms with Gasteiger partial charge in [-0.15, -0.1) is 11.8 Å². The monoisotopic (exact) mass is 394 g/mol. The smallest absolute Gasteiger partial charge is 0.304 e. The normalized spacial score (nSPS) is 21.4. The van der Waals surface area contributed by atoms with E-state index in [1.165, 1.54) is 29.5 Å². The summed E-state index contributed by atoms with van der Waals surface area (Å²) in [5.74, 6) is 0. The Morgan fingerprint density at radius 1 is 1.15 bits per heavy atom. The third-order valence-electron chi connectivity index (χ3n) is 5.24. The van der Waals surface area contributed by atoms with Gasteiger partial charge in [-0.2, -0.15) is 13.2 Å². The van der Waals surface area contributed by atoms with Gasteiger partial charge >= 0.3 is 6.18 Å². The highest BCUT2D eigenvalue weighted by molar-refractivity contribution is 7.98. The van der Waals surface area contributed by atoms with E-state index >= 15 is 0 Å². The zero-order valence-corrected chi connectivity index (χ0v) is 16.5. The summed E-state index contributed by atoms with van der Waals surface area (Å²) in [7, 11) is 2.12. The Balaban J connectivity index is 1.86. The van der Waals surface area contributed by atoms with Crippen LogP contribution in [0.3, 0.4) is 0 Å². The number of thioether (sulfide) groups is 1. The van der Waals surface area contributed by atoms with Crippen LogP contribution in [0, 0.1) is 0 Å². The Morgan fingerprint density at radius 2 is 1.89 bits per heavy atom. The minimum Gasteiger partial charge on any atom is -0.304 e. The molecule has 0 aromatic heterocycles. The number of likely N-dealkylation sites (N-methyl/N-ethyl adjacent to an activating group) is 1. The minimum atomic E-state index is -4.31. The van der Waals surface area contributed by atoms with Crippen LogP contribution in [0.25, 0.3) is 0 Å². The van der Waals surface area contributed by atoms with Crippen molar-refractivity contribution in [2.45, 2.75) is 36.0 Å². The number of likely N-dealkylation sites (tertiary alicyclic amines) is 1. The number of hydrogen-bond donors (Lipinski definition) is 1. The molecule has 0 aliphatic carbocycles. The third kappa shape index (κ3) is 4.68. The molecule has 1 heterocycles. The van der Waals surface area contributed by atoms with E-state index in [0.717, 1.165) is 31.5 Å². The number of piperidine rings is 1. The molecule has 2 nitrogen and oxygen atoms in total. The molecule has 0 amide bonds. The quantitative estimate of drug-likeness (QED) is 0.707. The summed E-state index contributed by atoms with van der Waals surface area (Å²) in [5.41, 5.74) is 1.35. The van der Waals surface area contributed by atoms with E-state index in [4.69, 9.17) is 0 Å². The van der Waals surface area contributed by atoms with Crippen LogP contribution < -0.4 is 5.32 Å². The lowest BCUT2D eigenvalue weighted by atomic mass is 9.82. The first-order valence-electron chi connectivity index (χ1n) is 9.07. The molecule has 0 saturated carbocycles. The zero-order valence-electron chi connectivity index (χ0n) is 15.6. The van der Waals surface area contributed by atoms with Gasteiger partial charge < -0.3 is 10.2 Å². The highest BCUT2D eigenvalue weighted by Crippen LogP contribution is 2.35. The number of hydrogen-bond acceptors (Lipinski definition) is 3. The second-order valence-electron chi connectivity index (χ2n) is 7.17. The number of alkyl halides is 3. The van der Waals surface area contributed by atoms with Crippen LogP contribution in [0.4, 0.5) is 13.2 Å². The average Bonchev–Trinajstić information content (AvgIpc) is 2.66. The lowest BCUT2D eigenvalue weighted by molar-refractivity contribution is -0.137. The van der Waals surface area contributed by atoms with Crippen molar-refractivity contribution >= 4 is 11.8 Å². The SMILES string of the molecule is CSc1cc(C(F)(F)F)ccc1CNC1(c2ccccc2)CCCN(C)C1. The van der Waals surface area contributed by atoms with Crippen molar-refractivity contribution in [3.8, 4) is 0 Å². The summed E-state index contributed by atoms with van der Waals surface area (Å²) in [4.78, 5) is 2.98. The molecule has 6 heteroatoms. The van der Waals surface area contributed by atoms with Gasteiger partial charge in [0.1, 0.15) is 0 Å².